The number of hydrogen-bond acceptors (Lipinski definition) is 2. The molecule has 68 valence electrons. The van der Waals surface area contributed by atoms with Crippen LogP contribution >= 0.6 is 15.9 Å². The zero-order valence-electron chi connectivity index (χ0n) is 7.03. The Balaban J connectivity index is 2.92. The lowest BCUT2D eigenvalue weighted by molar-refractivity contribution is -0.400. The molecule has 0 unspecified atom stereocenters. The first kappa shape index (κ1) is 9.92. The van der Waals surface area contributed by atoms with Gasteiger partial charge in [-0.15, -0.1) is 0 Å². The molecule has 0 saturated heterocycles. The van der Waals surface area contributed by atoms with Crippen molar-refractivity contribution < 1.29 is 4.92 Å². The third-order valence-electron chi connectivity index (χ3n) is 1.57. The SMILES string of the molecule is Cc1cc(C=C[N+](=O)[O-])ccc1Br. The van der Waals surface area contributed by atoms with Gasteiger partial charge in [0.25, 0.3) is 0 Å². The van der Waals surface area contributed by atoms with Crippen LogP contribution in [0.4, 0.5) is 0 Å². The monoisotopic (exact) mass is 241 g/mol. The number of hydrogen-bond donors (Lipinski definition) is 0. The van der Waals surface area contributed by atoms with Crippen molar-refractivity contribution in [1.29, 1.82) is 0 Å². The number of nitrogens with zero attached hydrogens (tertiary/aromatic N) is 1. The summed E-state index contributed by atoms with van der Waals surface area (Å²) in [6, 6.07) is 5.57. The molecular weight excluding hydrogens is 234 g/mol. The molecule has 0 radical (unpaired) electrons. The molecule has 0 heterocycles. The summed E-state index contributed by atoms with van der Waals surface area (Å²) in [7, 11) is 0. The molecule has 0 bridgehead atoms. The van der Waals surface area contributed by atoms with Crippen molar-refractivity contribution in [3.8, 4) is 0 Å². The molecule has 0 N–H and O–H groups in total. The van der Waals surface area contributed by atoms with Crippen molar-refractivity contribution >= 4 is 22.0 Å². The van der Waals surface area contributed by atoms with Gasteiger partial charge in [-0.3, -0.25) is 10.1 Å². The van der Waals surface area contributed by atoms with E-state index in [1.54, 1.807) is 0 Å². The van der Waals surface area contributed by atoms with E-state index in [1.165, 1.54) is 6.08 Å². The van der Waals surface area contributed by atoms with E-state index in [9.17, 15) is 10.1 Å². The van der Waals surface area contributed by atoms with Crippen LogP contribution in [0.15, 0.2) is 28.9 Å². The maximum atomic E-state index is 10.0. The molecular formula is C9H8BrNO2. The van der Waals surface area contributed by atoms with E-state index in [0.717, 1.165) is 21.8 Å². The van der Waals surface area contributed by atoms with Crippen molar-refractivity contribution in [1.82, 2.24) is 0 Å². The van der Waals surface area contributed by atoms with Gasteiger partial charge in [0.05, 0.1) is 4.92 Å². The highest BCUT2D eigenvalue weighted by Crippen LogP contribution is 2.17. The van der Waals surface area contributed by atoms with E-state index >= 15 is 0 Å². The van der Waals surface area contributed by atoms with E-state index in [0.29, 0.717) is 0 Å². The van der Waals surface area contributed by atoms with Gasteiger partial charge in [0, 0.05) is 10.5 Å². The molecule has 0 fully saturated rings. The second-order valence-corrected chi connectivity index (χ2v) is 3.46. The van der Waals surface area contributed by atoms with Crippen LogP contribution in [-0.4, -0.2) is 4.92 Å². The van der Waals surface area contributed by atoms with Gasteiger partial charge in [-0.25, -0.2) is 0 Å². The summed E-state index contributed by atoms with van der Waals surface area (Å²) in [5.74, 6) is 0. The average Bonchev–Trinajstić information content (AvgIpc) is 2.07. The standard InChI is InChI=1S/C9H8BrNO2/c1-7-6-8(2-3-9(7)10)4-5-11(12)13/h2-6H,1H3. The fourth-order valence-corrected chi connectivity index (χ4v) is 1.17. The van der Waals surface area contributed by atoms with Gasteiger partial charge >= 0.3 is 0 Å². The summed E-state index contributed by atoms with van der Waals surface area (Å²) >= 11 is 3.35. The van der Waals surface area contributed by atoms with Crippen LogP contribution in [0.1, 0.15) is 11.1 Å². The van der Waals surface area contributed by atoms with Crippen LogP contribution in [0.5, 0.6) is 0 Å². The molecule has 4 heteroatoms. The number of halogens is 1. The highest BCUT2D eigenvalue weighted by molar-refractivity contribution is 9.10. The summed E-state index contributed by atoms with van der Waals surface area (Å²) in [5, 5.41) is 10.0. The quantitative estimate of drug-likeness (QED) is 0.590. The summed E-state index contributed by atoms with van der Waals surface area (Å²) in [5.41, 5.74) is 1.89. The third-order valence-corrected chi connectivity index (χ3v) is 2.46. The first-order valence-electron chi connectivity index (χ1n) is 3.67. The Kier molecular flexibility index (Phi) is 3.19. The van der Waals surface area contributed by atoms with Gasteiger partial charge in [-0.1, -0.05) is 28.1 Å². The summed E-state index contributed by atoms with van der Waals surface area (Å²) in [4.78, 5) is 9.56. The molecule has 3 nitrogen and oxygen atoms in total. The Bertz CT molecular complexity index is 361. The van der Waals surface area contributed by atoms with Crippen molar-refractivity contribution in [2.24, 2.45) is 0 Å². The predicted octanol–water partition coefficient (Wildman–Crippen LogP) is 3.00. The molecule has 0 aliphatic heterocycles. The Hall–Kier alpha value is -1.16. The van der Waals surface area contributed by atoms with Gasteiger partial charge in [-0.05, 0) is 24.1 Å². The van der Waals surface area contributed by atoms with E-state index in [4.69, 9.17) is 0 Å². The zero-order chi connectivity index (χ0) is 9.84. The first-order chi connectivity index (χ1) is 6.09. The van der Waals surface area contributed by atoms with Gasteiger partial charge in [0.1, 0.15) is 0 Å². The molecule has 1 aromatic rings. The Labute approximate surface area is 84.4 Å². The topological polar surface area (TPSA) is 43.1 Å². The molecule has 0 atom stereocenters. The first-order valence-corrected chi connectivity index (χ1v) is 4.47. The minimum Gasteiger partial charge on any atom is -0.259 e. The maximum absolute atomic E-state index is 10.0. The average molecular weight is 242 g/mol. The van der Waals surface area contributed by atoms with Crippen molar-refractivity contribution in [2.45, 2.75) is 6.92 Å². The van der Waals surface area contributed by atoms with Crippen molar-refractivity contribution in [2.75, 3.05) is 0 Å². The minimum absolute atomic E-state index is 0.475. The molecule has 0 saturated carbocycles. The summed E-state index contributed by atoms with van der Waals surface area (Å²) in [6.45, 7) is 1.94. The fraction of sp³-hybridized carbons (Fsp3) is 0.111. The van der Waals surface area contributed by atoms with Crippen LogP contribution in [0, 0.1) is 17.0 Å². The molecule has 0 aliphatic carbocycles. The van der Waals surface area contributed by atoms with Gasteiger partial charge in [0.15, 0.2) is 0 Å². The lowest BCUT2D eigenvalue weighted by atomic mass is 10.1. The van der Waals surface area contributed by atoms with Crippen molar-refractivity contribution in [3.05, 3.63) is 50.1 Å². The molecule has 0 spiro atoms. The highest BCUT2D eigenvalue weighted by Gasteiger charge is 1.95. The molecule has 0 aromatic heterocycles. The predicted molar refractivity (Wildman–Crippen MR) is 54.9 cm³/mol. The van der Waals surface area contributed by atoms with E-state index < -0.39 is 4.92 Å². The molecule has 1 aromatic carbocycles. The highest BCUT2D eigenvalue weighted by atomic mass is 79.9. The Morgan fingerprint density at radius 2 is 2.23 bits per heavy atom. The zero-order valence-corrected chi connectivity index (χ0v) is 8.61. The van der Waals surface area contributed by atoms with Crippen LogP contribution in [0.3, 0.4) is 0 Å². The van der Waals surface area contributed by atoms with Crippen LogP contribution in [0.25, 0.3) is 6.08 Å². The Morgan fingerprint density at radius 1 is 1.54 bits per heavy atom. The van der Waals surface area contributed by atoms with E-state index in [-0.39, 0.29) is 0 Å². The number of benzene rings is 1. The smallest absolute Gasteiger partial charge is 0.235 e. The number of aryl methyl sites for hydroxylation is 1. The summed E-state index contributed by atoms with van der Waals surface area (Å²) in [6.07, 6.45) is 2.40. The van der Waals surface area contributed by atoms with Crippen molar-refractivity contribution in [3.63, 3.8) is 0 Å². The largest absolute Gasteiger partial charge is 0.259 e. The fourth-order valence-electron chi connectivity index (χ4n) is 0.918. The lowest BCUT2D eigenvalue weighted by Gasteiger charge is -1.97. The third kappa shape index (κ3) is 2.99. The Morgan fingerprint density at radius 3 is 2.77 bits per heavy atom. The van der Waals surface area contributed by atoms with E-state index in [2.05, 4.69) is 15.9 Å². The van der Waals surface area contributed by atoms with Gasteiger partial charge in [0.2, 0.25) is 6.20 Å². The molecule has 0 amide bonds. The van der Waals surface area contributed by atoms with Crippen LogP contribution < -0.4 is 0 Å². The molecule has 0 aliphatic rings. The number of nitro groups is 1. The molecule has 1 rings (SSSR count). The number of rotatable bonds is 2. The second-order valence-electron chi connectivity index (χ2n) is 2.61. The van der Waals surface area contributed by atoms with E-state index in [1.807, 2.05) is 25.1 Å². The summed E-state index contributed by atoms with van der Waals surface area (Å²) < 4.78 is 1.01. The van der Waals surface area contributed by atoms with Gasteiger partial charge in [-0.2, -0.15) is 0 Å². The lowest BCUT2D eigenvalue weighted by Crippen LogP contribution is -1.83. The van der Waals surface area contributed by atoms with Crippen LogP contribution in [0.2, 0.25) is 0 Å². The molecule has 13 heavy (non-hydrogen) atoms. The van der Waals surface area contributed by atoms with Crippen LogP contribution in [-0.2, 0) is 0 Å². The maximum Gasteiger partial charge on any atom is 0.235 e. The normalized spacial score (nSPS) is 10.6. The van der Waals surface area contributed by atoms with Gasteiger partial charge < -0.3 is 0 Å². The second kappa shape index (κ2) is 4.18. The minimum atomic E-state index is -0.475.